The van der Waals surface area contributed by atoms with E-state index < -0.39 is 101 Å². The van der Waals surface area contributed by atoms with Gasteiger partial charge >= 0.3 is 5.97 Å². The topological polar surface area (TPSA) is 456 Å². The first kappa shape index (κ1) is 54.6. The third-order valence-corrected chi connectivity index (χ3v) is 13.9. The number of rotatable bonds is 18. The number of carboxylic acid groups (broad SMARTS) is 1. The smallest absolute Gasteiger partial charge is 0.358 e. The van der Waals surface area contributed by atoms with Crippen LogP contribution < -0.4 is 4.74 Å². The van der Waals surface area contributed by atoms with Crippen LogP contribution in [0.25, 0.3) is 22.5 Å². The van der Waals surface area contributed by atoms with Gasteiger partial charge < -0.3 is 20.1 Å². The lowest BCUT2D eigenvalue weighted by Crippen LogP contribution is -2.02. The molecule has 6 aromatic carbocycles. The number of carboxylic acids is 1. The molecule has 398 valence electrons. The normalized spacial score (nSPS) is 12.6. The molecule has 7 N–H and O–H groups in total. The van der Waals surface area contributed by atoms with Gasteiger partial charge in [0.2, 0.25) is 23.1 Å². The molecule has 2 aromatic heterocycles. The van der Waals surface area contributed by atoms with Gasteiger partial charge in [0.05, 0.1) is 49.6 Å². The number of benzene rings is 6. The molecule has 8 aromatic rings. The molecule has 2 heterocycles. The number of aromatic hydroxyl groups is 2. The van der Waals surface area contributed by atoms with Crippen LogP contribution in [0.5, 0.6) is 17.6 Å². The highest BCUT2D eigenvalue weighted by Crippen LogP contribution is 2.41. The Bertz CT molecular complexity index is 4280. The Hall–Kier alpha value is -9.68. The van der Waals surface area contributed by atoms with Gasteiger partial charge in [-0.1, -0.05) is 18.2 Å². The molecule has 0 fully saturated rings. The number of azo groups is 4. The zero-order valence-electron chi connectivity index (χ0n) is 38.4. The summed E-state index contributed by atoms with van der Waals surface area (Å²) in [6, 6.07) is 26.9. The van der Waals surface area contributed by atoms with Crippen LogP contribution in [0.3, 0.4) is 0 Å². The van der Waals surface area contributed by atoms with E-state index in [1.54, 1.807) is 0 Å². The number of aromatic carboxylic acids is 1. The lowest BCUT2D eigenvalue weighted by atomic mass is 10.0. The highest BCUT2D eigenvalue weighted by Gasteiger charge is 2.26. The summed E-state index contributed by atoms with van der Waals surface area (Å²) >= 11 is 0. The molecule has 78 heavy (non-hydrogen) atoms. The molecule has 0 aliphatic carbocycles. The summed E-state index contributed by atoms with van der Waals surface area (Å²) in [5.41, 5.74) is -1.79. The Labute approximate surface area is 437 Å². The van der Waals surface area contributed by atoms with Crippen LogP contribution in [0, 0.1) is 0 Å². The van der Waals surface area contributed by atoms with Gasteiger partial charge in [0, 0.05) is 5.56 Å². The zero-order valence-corrected chi connectivity index (χ0v) is 41.7. The van der Waals surface area contributed by atoms with Crippen molar-refractivity contribution in [3.63, 3.8) is 0 Å². The third kappa shape index (κ3) is 12.4. The Balaban J connectivity index is 0.960. The van der Waals surface area contributed by atoms with Crippen LogP contribution in [0.1, 0.15) is 10.5 Å². The van der Waals surface area contributed by atoms with Gasteiger partial charge in [-0.2, -0.15) is 73.7 Å². The first-order chi connectivity index (χ1) is 36.8. The predicted molar refractivity (Wildman–Crippen MR) is 265 cm³/mol. The van der Waals surface area contributed by atoms with E-state index in [-0.39, 0.29) is 63.1 Å². The first-order valence-corrected chi connectivity index (χ1v) is 26.8. The number of hydrogen-bond acceptors (Lipinski definition) is 23. The number of carbonyl (C=O) groups is 2. The van der Waals surface area contributed by atoms with Gasteiger partial charge in [0.15, 0.2) is 5.69 Å². The molecule has 0 amide bonds. The molecule has 34 heteroatoms. The highest BCUT2D eigenvalue weighted by atomic mass is 32.2. The van der Waals surface area contributed by atoms with Crippen molar-refractivity contribution >= 4 is 98.4 Å². The SMILES string of the molecule is O=COc1nn(-c2ccc(S(=O)(=O)O)cc2)c(O)c1N=Nc1ccc(N=Nc2ccc(-c3ccc(N=Nc4ccc(N=Nc5c(C(=O)O)nn(-c6ccc(S(=O)(=O)O)cc6)c5O)c(S(=O)(=O)O)c4)cc3)c(S(=O)(=O)O)c2)cc1. The second-order valence-corrected chi connectivity index (χ2v) is 21.0. The van der Waals surface area contributed by atoms with Crippen LogP contribution in [0.4, 0.5) is 45.5 Å². The average Bonchev–Trinajstić information content (AvgIpc) is 4.01. The van der Waals surface area contributed by atoms with Crippen molar-refractivity contribution in [3.8, 4) is 40.1 Å². The lowest BCUT2D eigenvalue weighted by molar-refractivity contribution is -0.120. The minimum Gasteiger partial charge on any atom is -0.492 e. The Morgan fingerprint density at radius 2 is 0.885 bits per heavy atom. The molecule has 0 saturated carbocycles. The third-order valence-electron chi connectivity index (χ3n) is 10.3. The Morgan fingerprint density at radius 3 is 1.36 bits per heavy atom. The summed E-state index contributed by atoms with van der Waals surface area (Å²) in [4.78, 5) is 20.7. The standard InChI is InChI=1S/C44H30N12O18S4/c57-23-74-41-40(43(59)56(54-41)31-13-17-33(18-14-31)76(65,66)67)52-47-27-7-5-26(6-8-27)46-48-28-9-19-34(36(21-28)77(68,69)70)24-1-3-25(4-2-24)45-49-29-10-20-35(37(22-29)78(71,72)73)50-51-38-39(44(60)61)53-55(42(38)58)30-11-15-32(16-12-30)75(62,63)64/h1-23,58-59H,(H,60,61)(H,62,63,64)(H,65,66,67)(H,68,69,70)(H,71,72,73). The maximum absolute atomic E-state index is 12.6. The number of hydrogen-bond donors (Lipinski definition) is 7. The molecule has 0 aliphatic rings. The number of carbonyl (C=O) groups excluding carboxylic acids is 1. The van der Waals surface area contributed by atoms with E-state index in [0.29, 0.717) is 4.68 Å². The monoisotopic (exact) mass is 1140 g/mol. The molecular formula is C44H30N12O18S4. The fraction of sp³-hybridized carbons (Fsp3) is 0. The van der Waals surface area contributed by atoms with Crippen LogP contribution in [-0.4, -0.2) is 99.2 Å². The van der Waals surface area contributed by atoms with E-state index in [0.717, 1.165) is 59.3 Å². The van der Waals surface area contributed by atoms with Crippen molar-refractivity contribution in [3.05, 3.63) is 139 Å². The van der Waals surface area contributed by atoms with Crippen molar-refractivity contribution < 1.29 is 81.5 Å². The quantitative estimate of drug-likeness (QED) is 0.0239. The molecule has 0 bridgehead atoms. The van der Waals surface area contributed by atoms with Crippen molar-refractivity contribution in [1.82, 2.24) is 19.6 Å². The Morgan fingerprint density at radius 1 is 0.474 bits per heavy atom. The molecule has 8 rings (SSSR count). The molecule has 0 aliphatic heterocycles. The van der Waals surface area contributed by atoms with Crippen LogP contribution in [0.2, 0.25) is 0 Å². The minimum absolute atomic E-state index is 0.00336. The fourth-order valence-electron chi connectivity index (χ4n) is 6.73. The highest BCUT2D eigenvalue weighted by molar-refractivity contribution is 7.86. The van der Waals surface area contributed by atoms with Gasteiger partial charge in [-0.3, -0.25) is 23.0 Å². The Kier molecular flexibility index (Phi) is 15.1. The van der Waals surface area contributed by atoms with E-state index in [1.165, 1.54) is 78.9 Å². The zero-order chi connectivity index (χ0) is 56.3. The first-order valence-electron chi connectivity index (χ1n) is 21.0. The largest absolute Gasteiger partial charge is 0.492 e. The number of nitrogens with zero attached hydrogens (tertiary/aromatic N) is 12. The second kappa shape index (κ2) is 21.5. The maximum atomic E-state index is 12.6. The second-order valence-electron chi connectivity index (χ2n) is 15.4. The van der Waals surface area contributed by atoms with Crippen molar-refractivity contribution in [2.45, 2.75) is 19.6 Å². The van der Waals surface area contributed by atoms with Gasteiger partial charge in [-0.15, -0.1) is 20.4 Å². The molecule has 0 radical (unpaired) electrons. The van der Waals surface area contributed by atoms with Gasteiger partial charge in [-0.05, 0) is 121 Å². The summed E-state index contributed by atoms with van der Waals surface area (Å²) in [7, 11) is -19.1. The minimum atomic E-state index is -5.08. The summed E-state index contributed by atoms with van der Waals surface area (Å²) < 4.78 is 141. The molecule has 30 nitrogen and oxygen atoms in total. The summed E-state index contributed by atoms with van der Waals surface area (Å²) in [6.07, 6.45) is 0. The fourth-order valence-corrected chi connectivity index (χ4v) is 9.06. The predicted octanol–water partition coefficient (Wildman–Crippen LogP) is 9.02. The van der Waals surface area contributed by atoms with E-state index in [2.05, 4.69) is 51.1 Å². The van der Waals surface area contributed by atoms with E-state index in [4.69, 9.17) is 4.74 Å². The summed E-state index contributed by atoms with van der Waals surface area (Å²) in [6.45, 7) is 0.0266. The lowest BCUT2D eigenvalue weighted by Gasteiger charge is -2.08. The van der Waals surface area contributed by atoms with Crippen molar-refractivity contribution in [2.24, 2.45) is 40.9 Å². The maximum Gasteiger partial charge on any atom is 0.358 e. The molecular weight excluding hydrogens is 1110 g/mol. The van der Waals surface area contributed by atoms with Gasteiger partial charge in [0.1, 0.15) is 15.5 Å². The van der Waals surface area contributed by atoms with E-state index in [9.17, 15) is 76.8 Å². The summed E-state index contributed by atoms with van der Waals surface area (Å²) in [5, 5.41) is 70.4. The van der Waals surface area contributed by atoms with Gasteiger partial charge in [-0.25, -0.2) is 4.79 Å². The van der Waals surface area contributed by atoms with Crippen molar-refractivity contribution in [1.29, 1.82) is 0 Å². The summed E-state index contributed by atoms with van der Waals surface area (Å²) in [5.74, 6) is -3.73. The van der Waals surface area contributed by atoms with E-state index in [1.807, 2.05) is 0 Å². The molecule has 0 unspecified atom stereocenters. The van der Waals surface area contributed by atoms with Crippen LogP contribution in [0.15, 0.2) is 194 Å². The van der Waals surface area contributed by atoms with Crippen molar-refractivity contribution in [2.75, 3.05) is 0 Å². The number of aromatic nitrogens is 4. The molecule has 0 atom stereocenters. The van der Waals surface area contributed by atoms with E-state index >= 15 is 0 Å². The number of ether oxygens (including phenoxy) is 1. The molecule has 0 saturated heterocycles. The molecule has 0 spiro atoms. The average molecular weight is 1140 g/mol. The van der Waals surface area contributed by atoms with Crippen LogP contribution >= 0.6 is 0 Å². The van der Waals surface area contributed by atoms with Gasteiger partial charge in [0.25, 0.3) is 52.8 Å². The van der Waals surface area contributed by atoms with Crippen LogP contribution in [-0.2, 0) is 45.3 Å².